The molecule has 0 fully saturated rings. The van der Waals surface area contributed by atoms with E-state index >= 15 is 0 Å². The summed E-state index contributed by atoms with van der Waals surface area (Å²) in [7, 11) is 0. The van der Waals surface area contributed by atoms with Crippen LogP contribution in [0.25, 0.3) is 10.8 Å². The predicted octanol–water partition coefficient (Wildman–Crippen LogP) is 3.37. The van der Waals surface area contributed by atoms with Gasteiger partial charge in [-0.2, -0.15) is 0 Å². The second-order valence-electron chi connectivity index (χ2n) is 6.67. The van der Waals surface area contributed by atoms with Crippen LogP contribution in [0.2, 0.25) is 0 Å². The van der Waals surface area contributed by atoms with Crippen LogP contribution in [0.3, 0.4) is 0 Å². The van der Waals surface area contributed by atoms with E-state index in [-0.39, 0.29) is 17.9 Å². The number of hydrogen-bond donors (Lipinski definition) is 2. The Kier molecular flexibility index (Phi) is 6.66. The molecule has 150 valence electrons. The molecule has 0 bridgehead atoms. The van der Waals surface area contributed by atoms with E-state index in [0.29, 0.717) is 33.5 Å². The lowest BCUT2D eigenvalue weighted by Gasteiger charge is -2.12. The number of thiazole rings is 1. The largest absolute Gasteiger partial charge is 0.350 e. The number of carbonyl (C=O) groups excluding carboxylic acids is 2. The van der Waals surface area contributed by atoms with Crippen LogP contribution < -0.4 is 10.6 Å². The molecule has 7 nitrogen and oxygen atoms in total. The van der Waals surface area contributed by atoms with Crippen molar-refractivity contribution in [2.45, 2.75) is 39.8 Å². The summed E-state index contributed by atoms with van der Waals surface area (Å²) < 4.78 is 0. The number of hydrogen-bond acceptors (Lipinski definition) is 6. The number of nitrogens with zero attached hydrogens (tertiary/aromatic N) is 3. The van der Waals surface area contributed by atoms with Crippen molar-refractivity contribution >= 4 is 23.2 Å². The highest BCUT2D eigenvalue weighted by Crippen LogP contribution is 2.25. The van der Waals surface area contributed by atoms with Crippen LogP contribution in [0.4, 0.5) is 0 Å². The quantitative estimate of drug-likeness (QED) is 0.624. The third-order valence-corrected chi connectivity index (χ3v) is 5.54. The van der Waals surface area contributed by atoms with Gasteiger partial charge in [0.15, 0.2) is 10.8 Å². The van der Waals surface area contributed by atoms with Crippen LogP contribution in [-0.4, -0.2) is 32.8 Å². The molecule has 1 unspecified atom stereocenters. The van der Waals surface area contributed by atoms with E-state index in [1.165, 1.54) is 11.3 Å². The van der Waals surface area contributed by atoms with E-state index in [1.54, 1.807) is 37.5 Å². The van der Waals surface area contributed by atoms with Crippen LogP contribution in [0.15, 0.2) is 42.7 Å². The van der Waals surface area contributed by atoms with Gasteiger partial charge in [-0.15, -0.1) is 11.3 Å². The Bertz CT molecular complexity index is 1000. The Morgan fingerprint density at radius 1 is 1.14 bits per heavy atom. The zero-order valence-electron chi connectivity index (χ0n) is 16.6. The lowest BCUT2D eigenvalue weighted by Crippen LogP contribution is -2.32. The molecule has 2 heterocycles. The van der Waals surface area contributed by atoms with Crippen molar-refractivity contribution in [1.29, 1.82) is 0 Å². The van der Waals surface area contributed by atoms with E-state index in [4.69, 9.17) is 0 Å². The minimum Gasteiger partial charge on any atom is -0.350 e. The second kappa shape index (κ2) is 9.38. The van der Waals surface area contributed by atoms with E-state index in [0.717, 1.165) is 12.0 Å². The lowest BCUT2D eigenvalue weighted by molar-refractivity contribution is 0.0937. The summed E-state index contributed by atoms with van der Waals surface area (Å²) in [6.07, 6.45) is 4.15. The van der Waals surface area contributed by atoms with E-state index in [1.807, 2.05) is 26.0 Å². The molecular formula is C21H23N5O2S. The van der Waals surface area contributed by atoms with Gasteiger partial charge in [-0.3, -0.25) is 9.59 Å². The van der Waals surface area contributed by atoms with Gasteiger partial charge in [0.25, 0.3) is 11.8 Å². The number of carbonyl (C=O) groups is 2. The summed E-state index contributed by atoms with van der Waals surface area (Å²) in [6.45, 7) is 6.09. The summed E-state index contributed by atoms with van der Waals surface area (Å²) in [6, 6.07) is 9.10. The molecule has 0 saturated heterocycles. The fraction of sp³-hybridized carbons (Fsp3) is 0.286. The highest BCUT2D eigenvalue weighted by Gasteiger charge is 2.17. The van der Waals surface area contributed by atoms with Gasteiger partial charge in [0.2, 0.25) is 0 Å². The van der Waals surface area contributed by atoms with Crippen molar-refractivity contribution < 1.29 is 9.59 Å². The molecule has 1 aromatic carbocycles. The van der Waals surface area contributed by atoms with Crippen molar-refractivity contribution in [3.63, 3.8) is 0 Å². The SMILES string of the molecule is CCC(C)NC(=O)c1cccc(CNC(=O)c2sc(-c3ncccn3)nc2C)c1. The molecule has 0 aliphatic heterocycles. The van der Waals surface area contributed by atoms with Crippen LogP contribution in [0, 0.1) is 6.92 Å². The number of rotatable bonds is 7. The number of aryl methyl sites for hydroxylation is 1. The first kappa shape index (κ1) is 20.6. The molecule has 3 aromatic rings. The molecular weight excluding hydrogens is 386 g/mol. The summed E-state index contributed by atoms with van der Waals surface area (Å²) in [4.78, 5) is 38.2. The normalized spacial score (nSPS) is 11.7. The smallest absolute Gasteiger partial charge is 0.263 e. The van der Waals surface area contributed by atoms with Gasteiger partial charge in [0, 0.05) is 30.5 Å². The second-order valence-corrected chi connectivity index (χ2v) is 7.67. The highest BCUT2D eigenvalue weighted by molar-refractivity contribution is 7.17. The predicted molar refractivity (Wildman–Crippen MR) is 113 cm³/mol. The molecule has 2 aromatic heterocycles. The molecule has 8 heteroatoms. The van der Waals surface area contributed by atoms with Crippen LogP contribution in [-0.2, 0) is 6.54 Å². The number of aromatic nitrogens is 3. The van der Waals surface area contributed by atoms with Crippen molar-refractivity contribution in [2.75, 3.05) is 0 Å². The molecule has 0 radical (unpaired) electrons. The van der Waals surface area contributed by atoms with Crippen molar-refractivity contribution in [1.82, 2.24) is 25.6 Å². The molecule has 2 N–H and O–H groups in total. The van der Waals surface area contributed by atoms with Gasteiger partial charge in [0.1, 0.15) is 4.88 Å². The molecule has 3 rings (SSSR count). The van der Waals surface area contributed by atoms with E-state index < -0.39 is 0 Å². The first-order chi connectivity index (χ1) is 14.0. The van der Waals surface area contributed by atoms with Gasteiger partial charge >= 0.3 is 0 Å². The highest BCUT2D eigenvalue weighted by atomic mass is 32.1. The van der Waals surface area contributed by atoms with E-state index in [2.05, 4.69) is 25.6 Å². The minimum absolute atomic E-state index is 0.113. The number of nitrogens with one attached hydrogen (secondary N) is 2. The average Bonchev–Trinajstić information content (AvgIpc) is 3.14. The van der Waals surface area contributed by atoms with Gasteiger partial charge in [-0.05, 0) is 44.0 Å². The van der Waals surface area contributed by atoms with Gasteiger partial charge in [-0.1, -0.05) is 19.1 Å². The average molecular weight is 410 g/mol. The fourth-order valence-corrected chi connectivity index (χ4v) is 3.54. The Balaban J connectivity index is 1.66. The van der Waals surface area contributed by atoms with Gasteiger partial charge in [-0.25, -0.2) is 15.0 Å². The summed E-state index contributed by atoms with van der Waals surface area (Å²) in [5, 5.41) is 6.45. The number of benzene rings is 1. The Morgan fingerprint density at radius 3 is 2.62 bits per heavy atom. The molecule has 0 aliphatic rings. The van der Waals surface area contributed by atoms with Gasteiger partial charge in [0.05, 0.1) is 5.69 Å². The minimum atomic E-state index is -0.211. The van der Waals surface area contributed by atoms with Gasteiger partial charge < -0.3 is 10.6 Å². The molecule has 29 heavy (non-hydrogen) atoms. The van der Waals surface area contributed by atoms with Crippen molar-refractivity contribution in [2.24, 2.45) is 0 Å². The van der Waals surface area contributed by atoms with Crippen molar-refractivity contribution in [3.05, 3.63) is 64.4 Å². The van der Waals surface area contributed by atoms with Crippen LogP contribution >= 0.6 is 11.3 Å². The van der Waals surface area contributed by atoms with E-state index in [9.17, 15) is 9.59 Å². The maximum Gasteiger partial charge on any atom is 0.263 e. The Labute approximate surface area is 173 Å². The summed E-state index contributed by atoms with van der Waals surface area (Å²) >= 11 is 1.26. The first-order valence-corrected chi connectivity index (χ1v) is 10.2. The summed E-state index contributed by atoms with van der Waals surface area (Å²) in [5.41, 5.74) is 2.06. The number of amides is 2. The van der Waals surface area contributed by atoms with Crippen molar-refractivity contribution in [3.8, 4) is 10.8 Å². The molecule has 0 spiro atoms. The first-order valence-electron chi connectivity index (χ1n) is 9.40. The zero-order chi connectivity index (χ0) is 20.8. The summed E-state index contributed by atoms with van der Waals surface area (Å²) in [5.74, 6) is 0.176. The molecule has 1 atom stereocenters. The molecule has 2 amide bonds. The monoisotopic (exact) mass is 409 g/mol. The molecule has 0 aliphatic carbocycles. The third kappa shape index (κ3) is 5.23. The van der Waals surface area contributed by atoms with Crippen LogP contribution in [0.1, 0.15) is 51.6 Å². The molecule has 0 saturated carbocycles. The topological polar surface area (TPSA) is 96.9 Å². The lowest BCUT2D eigenvalue weighted by atomic mass is 10.1. The maximum absolute atomic E-state index is 12.6. The standard InChI is InChI=1S/C21H23N5O2S/c1-4-13(2)25-19(27)16-8-5-7-15(11-16)12-24-20(28)17-14(3)26-21(29-17)18-22-9-6-10-23-18/h5-11,13H,4,12H2,1-3H3,(H,24,28)(H,25,27). The van der Waals surface area contributed by atoms with Crippen LogP contribution in [0.5, 0.6) is 0 Å². The zero-order valence-corrected chi connectivity index (χ0v) is 17.4. The Morgan fingerprint density at radius 2 is 1.90 bits per heavy atom. The third-order valence-electron chi connectivity index (χ3n) is 4.39. The maximum atomic E-state index is 12.6. The Hall–Kier alpha value is -3.13. The fourth-order valence-electron chi connectivity index (χ4n) is 2.61.